The van der Waals surface area contributed by atoms with Gasteiger partial charge in [0.25, 0.3) is 0 Å². The predicted octanol–water partition coefficient (Wildman–Crippen LogP) is -13.6. The molecule has 0 spiro atoms. The van der Waals surface area contributed by atoms with Crippen LogP contribution in [-0.2, 0) is 37.6 Å². The van der Waals surface area contributed by atoms with Crippen LogP contribution < -0.4 is 103 Å². The first kappa shape index (κ1) is 79.3. The van der Waals surface area contributed by atoms with E-state index in [1.807, 2.05) is 0 Å². The third kappa shape index (κ3) is 736. The van der Waals surface area contributed by atoms with Crippen molar-refractivity contribution in [2.45, 2.75) is 0 Å². The van der Waals surface area contributed by atoms with Crippen LogP contribution in [0.5, 0.6) is 0 Å². The molecule has 0 rings (SSSR count). The Bertz CT molecular complexity index is 220. The van der Waals surface area contributed by atoms with E-state index in [2.05, 4.69) is 0 Å². The standard InChI is InChI=1S/Co.2K.2H2O4S.6H2O/c;;;2*1-5(2,3)4;;;;;;/h;;;2*(H2,1,2,3,4);6*1H2/q+2;2*+1;;;;;;;;/p-4. The molecule has 19 heavy (non-hydrogen) atoms. The zero-order valence-corrected chi connectivity index (χ0v) is 18.3. The molecular formula is H12CoK2O14S2. The first-order valence-electron chi connectivity index (χ1n) is 1.33. The van der Waals surface area contributed by atoms with Crippen LogP contribution in [-0.4, -0.2) is 67.9 Å². The molecule has 0 aromatic carbocycles. The summed E-state index contributed by atoms with van der Waals surface area (Å²) in [5.41, 5.74) is 0. The Hall–Kier alpha value is 3.28. The van der Waals surface area contributed by atoms with E-state index in [0.29, 0.717) is 0 Å². The van der Waals surface area contributed by atoms with E-state index in [-0.39, 0.29) is 152 Å². The molecule has 0 amide bonds. The van der Waals surface area contributed by atoms with E-state index in [9.17, 15) is 0 Å². The zero-order valence-electron chi connectivity index (χ0n) is 9.42. The van der Waals surface area contributed by atoms with Gasteiger partial charge >= 0.3 is 120 Å². The molecule has 0 atom stereocenters. The molecule has 0 aliphatic carbocycles. The fourth-order valence-corrected chi connectivity index (χ4v) is 0. The molecular weight excluding hydrogens is 425 g/mol. The molecule has 0 saturated heterocycles. The SMILES string of the molecule is O.O.O.O.O.O.O=S(=O)([O-])[O-].O=S(=O)([O-])[O-].[Co+2].[K+].[K+]. The molecule has 0 unspecified atom stereocenters. The fraction of sp³-hybridized carbons (Fsp3) is 0. The van der Waals surface area contributed by atoms with E-state index in [0.717, 1.165) is 0 Å². The Morgan fingerprint density at radius 1 is 0.474 bits per heavy atom. The summed E-state index contributed by atoms with van der Waals surface area (Å²) in [6.07, 6.45) is 0. The van der Waals surface area contributed by atoms with Crippen LogP contribution >= 0.6 is 0 Å². The average Bonchev–Trinajstić information content (AvgIpc) is 1.12. The molecule has 0 aliphatic heterocycles. The topological polar surface area (TPSA) is 350 Å². The Labute approximate surface area is 204 Å². The minimum Gasteiger partial charge on any atom is -0.759 e. The summed E-state index contributed by atoms with van der Waals surface area (Å²) in [4.78, 5) is 0. The second-order valence-corrected chi connectivity index (χ2v) is 2.45. The molecule has 0 heterocycles. The van der Waals surface area contributed by atoms with Crippen LogP contribution in [0.2, 0.25) is 0 Å². The van der Waals surface area contributed by atoms with Gasteiger partial charge in [-0.25, -0.2) is 0 Å². The zero-order chi connectivity index (χ0) is 9.00. The smallest absolute Gasteiger partial charge is 0.759 e. The maximum atomic E-state index is 8.52. The first-order valence-corrected chi connectivity index (χ1v) is 4.00. The summed E-state index contributed by atoms with van der Waals surface area (Å²) in [6, 6.07) is 0. The molecule has 12 N–H and O–H groups in total. The molecule has 119 valence electrons. The van der Waals surface area contributed by atoms with Gasteiger partial charge in [0.05, 0.1) is 0 Å². The minimum absolute atomic E-state index is 0. The molecule has 0 aliphatic rings. The van der Waals surface area contributed by atoms with Crippen molar-refractivity contribution in [1.82, 2.24) is 0 Å². The van der Waals surface area contributed by atoms with Gasteiger partial charge in [0, 0.05) is 20.8 Å². The van der Waals surface area contributed by atoms with Crippen LogP contribution in [0.15, 0.2) is 0 Å². The maximum Gasteiger partial charge on any atom is 2.00 e. The molecule has 0 aromatic rings. The van der Waals surface area contributed by atoms with Crippen LogP contribution in [0.3, 0.4) is 0 Å². The summed E-state index contributed by atoms with van der Waals surface area (Å²) < 4.78 is 68.2. The van der Waals surface area contributed by atoms with Gasteiger partial charge in [0.2, 0.25) is 0 Å². The van der Waals surface area contributed by atoms with Crippen molar-refractivity contribution < 1.29 is 187 Å². The normalized spacial score (nSPS) is 6.11. The second kappa shape index (κ2) is 37.5. The molecule has 0 bridgehead atoms. The van der Waals surface area contributed by atoms with Crippen LogP contribution in [0, 0.1) is 0 Å². The van der Waals surface area contributed by atoms with E-state index in [4.69, 9.17) is 35.0 Å². The van der Waals surface area contributed by atoms with Gasteiger partial charge in [-0.15, -0.1) is 0 Å². The molecule has 19 heteroatoms. The summed E-state index contributed by atoms with van der Waals surface area (Å²) in [7, 11) is -10.3. The maximum absolute atomic E-state index is 8.52. The van der Waals surface area contributed by atoms with Crippen molar-refractivity contribution in [2.24, 2.45) is 0 Å². The Kier molecular flexibility index (Phi) is 156. The molecule has 1 radical (unpaired) electrons. The van der Waals surface area contributed by atoms with Crippen molar-refractivity contribution >= 4 is 20.8 Å². The van der Waals surface area contributed by atoms with Crippen LogP contribution in [0.25, 0.3) is 0 Å². The summed E-state index contributed by atoms with van der Waals surface area (Å²) in [5, 5.41) is 0. The first-order chi connectivity index (χ1) is 4.00. The van der Waals surface area contributed by atoms with Gasteiger partial charge in [-0.3, -0.25) is 16.8 Å². The third-order valence-corrected chi connectivity index (χ3v) is 0. The van der Waals surface area contributed by atoms with Gasteiger partial charge in [-0.1, -0.05) is 0 Å². The fourth-order valence-electron chi connectivity index (χ4n) is 0. The Balaban J connectivity index is -0.00000000508. The molecule has 14 nitrogen and oxygen atoms in total. The van der Waals surface area contributed by atoms with Gasteiger partial charge in [-0.2, -0.15) is 0 Å². The predicted molar refractivity (Wildman–Crippen MR) is 42.6 cm³/mol. The molecule has 0 saturated carbocycles. The number of rotatable bonds is 0. The number of hydrogen-bond donors (Lipinski definition) is 0. The third-order valence-electron chi connectivity index (χ3n) is 0. The molecule has 0 fully saturated rings. The van der Waals surface area contributed by atoms with Crippen molar-refractivity contribution in [3.63, 3.8) is 0 Å². The van der Waals surface area contributed by atoms with Crippen LogP contribution in [0.1, 0.15) is 0 Å². The van der Waals surface area contributed by atoms with Crippen molar-refractivity contribution in [2.75, 3.05) is 0 Å². The largest absolute Gasteiger partial charge is 2.00 e. The van der Waals surface area contributed by atoms with Gasteiger partial charge in [0.15, 0.2) is 0 Å². The van der Waals surface area contributed by atoms with Crippen molar-refractivity contribution in [3.8, 4) is 0 Å². The van der Waals surface area contributed by atoms with Gasteiger partial charge in [-0.05, 0) is 0 Å². The monoisotopic (exact) mass is 437 g/mol. The van der Waals surface area contributed by atoms with Gasteiger partial charge < -0.3 is 51.1 Å². The van der Waals surface area contributed by atoms with Crippen molar-refractivity contribution in [3.05, 3.63) is 0 Å². The molecule has 0 aromatic heterocycles. The van der Waals surface area contributed by atoms with E-state index in [1.165, 1.54) is 0 Å². The number of hydrogen-bond acceptors (Lipinski definition) is 8. The summed E-state index contributed by atoms with van der Waals surface area (Å²) in [6.45, 7) is 0. The minimum atomic E-state index is -5.17. The second-order valence-electron chi connectivity index (χ2n) is 0.816. The summed E-state index contributed by atoms with van der Waals surface area (Å²) in [5.74, 6) is 0. The van der Waals surface area contributed by atoms with E-state index >= 15 is 0 Å². The quantitative estimate of drug-likeness (QED) is 0.198. The van der Waals surface area contributed by atoms with E-state index in [1.54, 1.807) is 0 Å². The average molecular weight is 437 g/mol. The Morgan fingerprint density at radius 2 is 0.474 bits per heavy atom. The van der Waals surface area contributed by atoms with Gasteiger partial charge in [0.1, 0.15) is 0 Å². The van der Waals surface area contributed by atoms with Crippen molar-refractivity contribution in [1.29, 1.82) is 0 Å². The summed E-state index contributed by atoms with van der Waals surface area (Å²) >= 11 is 0. The Morgan fingerprint density at radius 3 is 0.474 bits per heavy atom. The van der Waals surface area contributed by atoms with Crippen LogP contribution in [0.4, 0.5) is 0 Å². The van der Waals surface area contributed by atoms with E-state index < -0.39 is 20.8 Å².